The smallest absolute Gasteiger partial charge is 0.310 e. The second-order valence-electron chi connectivity index (χ2n) is 8.44. The lowest BCUT2D eigenvalue weighted by atomic mass is 9.65. The number of ether oxygens (including phenoxy) is 5. The second-order valence-corrected chi connectivity index (χ2v) is 8.44. The number of methoxy groups -OCH3 is 2. The highest BCUT2D eigenvalue weighted by molar-refractivity contribution is 5.85. The van der Waals surface area contributed by atoms with E-state index >= 15 is 0 Å². The van der Waals surface area contributed by atoms with Crippen LogP contribution in [0, 0.1) is 11.8 Å². The number of hydrogen-bond donors (Lipinski definition) is 3. The second kappa shape index (κ2) is 11.0. The number of nitrogens with one attached hydrogen (secondary N) is 2. The summed E-state index contributed by atoms with van der Waals surface area (Å²) in [7, 11) is 4.88. The van der Waals surface area contributed by atoms with E-state index in [1.807, 2.05) is 19.2 Å². The van der Waals surface area contributed by atoms with Crippen molar-refractivity contribution in [2.75, 3.05) is 47.8 Å². The van der Waals surface area contributed by atoms with Crippen LogP contribution >= 0.6 is 24.8 Å². The van der Waals surface area contributed by atoms with Crippen LogP contribution in [-0.2, 0) is 9.53 Å². The number of carbonyl (C=O) groups is 1. The van der Waals surface area contributed by atoms with Gasteiger partial charge in [-0.05, 0) is 48.0 Å². The lowest BCUT2D eigenvalue weighted by Crippen LogP contribution is -2.42. The van der Waals surface area contributed by atoms with E-state index in [2.05, 4.69) is 10.6 Å². The summed E-state index contributed by atoms with van der Waals surface area (Å²) in [5, 5.41) is 17.2. The molecule has 0 saturated carbocycles. The van der Waals surface area contributed by atoms with Crippen LogP contribution in [-0.4, -0.2) is 58.8 Å². The number of esters is 1. The Balaban J connectivity index is 0.00000171. The van der Waals surface area contributed by atoms with Crippen LogP contribution in [0.5, 0.6) is 28.7 Å². The molecule has 0 bridgehead atoms. The molecule has 2 aliphatic heterocycles. The zero-order valence-electron chi connectivity index (χ0n) is 19.7. The summed E-state index contributed by atoms with van der Waals surface area (Å²) in [5.74, 6) is 0.768. The van der Waals surface area contributed by atoms with E-state index in [4.69, 9.17) is 23.7 Å². The number of likely N-dealkylation sites (N-methyl/N-ethyl adjacent to an activating group) is 1. The van der Waals surface area contributed by atoms with Crippen molar-refractivity contribution in [2.24, 2.45) is 11.8 Å². The van der Waals surface area contributed by atoms with Crippen LogP contribution in [0.25, 0.3) is 0 Å². The molecule has 4 atom stereocenters. The van der Waals surface area contributed by atoms with Gasteiger partial charge in [-0.2, -0.15) is 0 Å². The predicted molar refractivity (Wildman–Crippen MR) is 133 cm³/mol. The third-order valence-electron chi connectivity index (χ3n) is 6.79. The summed E-state index contributed by atoms with van der Waals surface area (Å²) >= 11 is 0. The van der Waals surface area contributed by atoms with Crippen molar-refractivity contribution in [3.05, 3.63) is 41.0 Å². The van der Waals surface area contributed by atoms with Crippen molar-refractivity contribution in [1.29, 1.82) is 0 Å². The molecule has 0 aromatic heterocycles. The maximum atomic E-state index is 13.1. The van der Waals surface area contributed by atoms with Crippen LogP contribution in [0.4, 0.5) is 0 Å². The molecule has 192 valence electrons. The first-order valence-electron chi connectivity index (χ1n) is 11.0. The Morgan fingerprint density at radius 2 is 1.60 bits per heavy atom. The molecular formula is C24H30Cl2N2O7. The Labute approximate surface area is 216 Å². The Morgan fingerprint density at radius 3 is 2.20 bits per heavy atom. The normalized spacial score (nSPS) is 23.3. The molecule has 1 aliphatic carbocycles. The topological polar surface area (TPSA) is 108 Å². The Bertz CT molecular complexity index is 1060. The van der Waals surface area contributed by atoms with Gasteiger partial charge in [-0.15, -0.1) is 24.8 Å². The van der Waals surface area contributed by atoms with E-state index in [1.165, 1.54) is 14.2 Å². The molecule has 2 aromatic rings. The highest BCUT2D eigenvalue weighted by Gasteiger charge is 2.52. The number of rotatable bonds is 7. The molecule has 11 heteroatoms. The van der Waals surface area contributed by atoms with Gasteiger partial charge in [0.25, 0.3) is 0 Å². The van der Waals surface area contributed by atoms with Gasteiger partial charge in [-0.25, -0.2) is 0 Å². The first kappa shape index (κ1) is 27.0. The standard InChI is InChI=1S/C24H28N2O7.2ClH/c1-25-4-5-26-22-14-9-17-16(32-11-33-17)8-13(14)20(21-15(22)10-31-24(21)28)12-6-18(29-2)23(27)19(7-12)30-3;;/h6-9,15,20-22,25-27H,4-5,10-11H2,1-3H3;2*1H/t15-,20+,21-,22+;;/m0../s1. The van der Waals surface area contributed by atoms with Gasteiger partial charge in [0.1, 0.15) is 0 Å². The van der Waals surface area contributed by atoms with Gasteiger partial charge in [-0.3, -0.25) is 4.79 Å². The molecule has 1 saturated heterocycles. The third kappa shape index (κ3) is 4.53. The highest BCUT2D eigenvalue weighted by atomic mass is 35.5. The van der Waals surface area contributed by atoms with Gasteiger partial charge in [0.15, 0.2) is 23.0 Å². The van der Waals surface area contributed by atoms with Gasteiger partial charge in [0.2, 0.25) is 12.5 Å². The summed E-state index contributed by atoms with van der Waals surface area (Å²) < 4.78 is 27.7. The van der Waals surface area contributed by atoms with Gasteiger partial charge < -0.3 is 39.4 Å². The van der Waals surface area contributed by atoms with E-state index in [1.54, 1.807) is 12.1 Å². The molecule has 1 fully saturated rings. The minimum Gasteiger partial charge on any atom is -0.502 e. The first-order valence-corrected chi connectivity index (χ1v) is 11.0. The SMILES string of the molecule is CNCCN[C@@H]1c2cc3c(cc2[C@@H](c2cc(OC)c(O)c(OC)c2)[C@H]2C(=O)OC[C@@H]21)OCO3.Cl.Cl. The number of benzene rings is 2. The number of carbonyl (C=O) groups excluding carboxylic acids is 1. The summed E-state index contributed by atoms with van der Waals surface area (Å²) in [6, 6.07) is 7.40. The summed E-state index contributed by atoms with van der Waals surface area (Å²) in [6.45, 7) is 2.02. The van der Waals surface area contributed by atoms with Crippen molar-refractivity contribution in [3.8, 4) is 28.7 Å². The molecular weight excluding hydrogens is 499 g/mol. The fraction of sp³-hybridized carbons (Fsp3) is 0.458. The Morgan fingerprint density at radius 1 is 0.971 bits per heavy atom. The number of fused-ring (bicyclic) bond motifs is 3. The number of hydrogen-bond acceptors (Lipinski definition) is 9. The molecule has 3 aliphatic rings. The molecule has 0 unspecified atom stereocenters. The minimum absolute atomic E-state index is 0. The Hall–Kier alpha value is -2.59. The number of cyclic esters (lactones) is 1. The number of aromatic hydroxyl groups is 1. The zero-order chi connectivity index (χ0) is 23.1. The van der Waals surface area contributed by atoms with Crippen molar-refractivity contribution < 1.29 is 33.6 Å². The maximum absolute atomic E-state index is 13.1. The van der Waals surface area contributed by atoms with E-state index < -0.39 is 5.92 Å². The first-order chi connectivity index (χ1) is 16.1. The summed E-state index contributed by atoms with van der Waals surface area (Å²) in [4.78, 5) is 13.1. The molecule has 0 spiro atoms. The van der Waals surface area contributed by atoms with Gasteiger partial charge >= 0.3 is 5.97 Å². The number of phenolic OH excluding ortho intramolecular Hbond substituents is 1. The largest absolute Gasteiger partial charge is 0.502 e. The van der Waals surface area contributed by atoms with Crippen LogP contribution in [0.3, 0.4) is 0 Å². The highest BCUT2D eigenvalue weighted by Crippen LogP contribution is 2.55. The van der Waals surface area contributed by atoms with E-state index in [-0.39, 0.29) is 72.7 Å². The molecule has 5 rings (SSSR count). The molecule has 0 radical (unpaired) electrons. The van der Waals surface area contributed by atoms with Crippen molar-refractivity contribution >= 4 is 30.8 Å². The third-order valence-corrected chi connectivity index (χ3v) is 6.79. The maximum Gasteiger partial charge on any atom is 0.310 e. The quantitative estimate of drug-likeness (QED) is 0.369. The number of phenols is 1. The van der Waals surface area contributed by atoms with Crippen LogP contribution in [0.2, 0.25) is 0 Å². The molecule has 0 amide bonds. The van der Waals surface area contributed by atoms with E-state index in [0.29, 0.717) is 18.1 Å². The lowest BCUT2D eigenvalue weighted by Gasteiger charge is -2.39. The molecule has 3 N–H and O–H groups in total. The van der Waals surface area contributed by atoms with Gasteiger partial charge in [-0.1, -0.05) is 0 Å². The van der Waals surface area contributed by atoms with Crippen molar-refractivity contribution in [2.45, 2.75) is 12.0 Å². The molecule has 9 nitrogen and oxygen atoms in total. The molecule has 2 aromatic carbocycles. The van der Waals surface area contributed by atoms with Gasteiger partial charge in [0.05, 0.1) is 26.7 Å². The molecule has 2 heterocycles. The average Bonchev–Trinajstić information content (AvgIpc) is 3.44. The van der Waals surface area contributed by atoms with Crippen LogP contribution in [0.1, 0.15) is 28.7 Å². The van der Waals surface area contributed by atoms with Crippen LogP contribution in [0.15, 0.2) is 24.3 Å². The van der Waals surface area contributed by atoms with Crippen LogP contribution < -0.4 is 29.6 Å². The Kier molecular flexibility index (Phi) is 8.48. The lowest BCUT2D eigenvalue weighted by molar-refractivity contribution is -0.141. The summed E-state index contributed by atoms with van der Waals surface area (Å²) in [6.07, 6.45) is 0. The van der Waals surface area contributed by atoms with Crippen molar-refractivity contribution in [3.63, 3.8) is 0 Å². The van der Waals surface area contributed by atoms with E-state index in [9.17, 15) is 9.90 Å². The van der Waals surface area contributed by atoms with Gasteiger partial charge in [0, 0.05) is 31.0 Å². The zero-order valence-corrected chi connectivity index (χ0v) is 21.3. The number of halogens is 2. The predicted octanol–water partition coefficient (Wildman–Crippen LogP) is 2.77. The minimum atomic E-state index is -0.413. The average molecular weight is 529 g/mol. The molecule has 35 heavy (non-hydrogen) atoms. The fourth-order valence-electron chi connectivity index (χ4n) is 5.27. The van der Waals surface area contributed by atoms with E-state index in [0.717, 1.165) is 29.8 Å². The monoisotopic (exact) mass is 528 g/mol. The summed E-state index contributed by atoms with van der Waals surface area (Å²) in [5.41, 5.74) is 2.80. The fourth-order valence-corrected chi connectivity index (χ4v) is 5.27. The van der Waals surface area contributed by atoms with Crippen molar-refractivity contribution in [1.82, 2.24) is 10.6 Å².